The third-order valence-corrected chi connectivity index (χ3v) is 4.73. The largest absolute Gasteiger partial charge is 0.370 e. The maximum atomic E-state index is 12.6. The lowest BCUT2D eigenvalue weighted by atomic mass is 10.1. The van der Waals surface area contributed by atoms with Gasteiger partial charge in [-0.3, -0.25) is 24.2 Å². The smallest absolute Gasteiger partial charge is 0.243 e. The van der Waals surface area contributed by atoms with Crippen LogP contribution in [0.25, 0.3) is 0 Å². The first-order chi connectivity index (χ1) is 13.5. The molecule has 1 rings (SSSR count). The molecule has 0 aromatic heterocycles. The molecule has 0 spiro atoms. The first-order valence-corrected chi connectivity index (χ1v) is 9.77. The van der Waals surface area contributed by atoms with Crippen LogP contribution in [-0.2, 0) is 19.2 Å². The number of rotatable bonds is 10. The van der Waals surface area contributed by atoms with E-state index < -0.39 is 36.0 Å². The molecule has 0 aromatic rings. The van der Waals surface area contributed by atoms with Crippen LogP contribution < -0.4 is 27.8 Å². The number of carbonyl (C=O) groups is 4. The van der Waals surface area contributed by atoms with Crippen molar-refractivity contribution in [2.75, 3.05) is 13.1 Å². The molecule has 29 heavy (non-hydrogen) atoms. The van der Waals surface area contributed by atoms with Crippen LogP contribution in [0, 0.1) is 0 Å². The zero-order valence-corrected chi connectivity index (χ0v) is 17.3. The van der Waals surface area contributed by atoms with Crippen LogP contribution in [0.15, 0.2) is 4.99 Å². The van der Waals surface area contributed by atoms with E-state index in [9.17, 15) is 19.2 Å². The number of hydrogen-bond donors (Lipinski definition) is 5. The van der Waals surface area contributed by atoms with E-state index in [0.29, 0.717) is 38.8 Å². The summed E-state index contributed by atoms with van der Waals surface area (Å²) in [6, 6.07) is -2.90. The van der Waals surface area contributed by atoms with E-state index in [4.69, 9.17) is 17.2 Å². The van der Waals surface area contributed by atoms with Crippen molar-refractivity contribution < 1.29 is 19.2 Å². The summed E-state index contributed by atoms with van der Waals surface area (Å²) < 4.78 is 0. The zero-order valence-electron chi connectivity index (χ0n) is 17.3. The zero-order chi connectivity index (χ0) is 22.1. The molecule has 11 nitrogen and oxygen atoms in total. The molecule has 0 saturated carbocycles. The summed E-state index contributed by atoms with van der Waals surface area (Å²) in [5.74, 6) is -1.42. The summed E-state index contributed by atoms with van der Waals surface area (Å²) in [6.07, 6.45) is 2.09. The van der Waals surface area contributed by atoms with Gasteiger partial charge in [0, 0.05) is 13.1 Å². The van der Waals surface area contributed by atoms with Gasteiger partial charge in [-0.05, 0) is 46.5 Å². The summed E-state index contributed by atoms with van der Waals surface area (Å²) in [4.78, 5) is 54.2. The Morgan fingerprint density at radius 3 is 2.38 bits per heavy atom. The van der Waals surface area contributed by atoms with Crippen molar-refractivity contribution in [2.45, 2.75) is 70.6 Å². The van der Waals surface area contributed by atoms with E-state index in [1.54, 1.807) is 6.92 Å². The van der Waals surface area contributed by atoms with Crippen molar-refractivity contribution in [1.29, 1.82) is 0 Å². The fourth-order valence-corrected chi connectivity index (χ4v) is 3.12. The first-order valence-electron chi connectivity index (χ1n) is 9.77. The molecular formula is C18H33N7O4. The minimum atomic E-state index is -0.866. The monoisotopic (exact) mass is 411 g/mol. The van der Waals surface area contributed by atoms with Crippen molar-refractivity contribution in [3.63, 3.8) is 0 Å². The second-order valence-corrected chi connectivity index (χ2v) is 7.33. The Labute approximate surface area is 170 Å². The highest BCUT2D eigenvalue weighted by Crippen LogP contribution is 2.18. The number of carbonyl (C=O) groups excluding carboxylic acids is 4. The number of amides is 3. The van der Waals surface area contributed by atoms with Crippen LogP contribution >= 0.6 is 0 Å². The molecule has 164 valence electrons. The SMILES string of the molecule is CC(=O)[C@H](CCCN=C(N)N)NC(=O)[C@H](C)NC(=O)[C@@H]1CCCN1C(=O)[C@H](C)N. The Hall–Kier alpha value is -2.69. The molecule has 1 aliphatic heterocycles. The van der Waals surface area contributed by atoms with Gasteiger partial charge >= 0.3 is 0 Å². The lowest BCUT2D eigenvalue weighted by Gasteiger charge is -2.27. The molecular weight excluding hydrogens is 378 g/mol. The van der Waals surface area contributed by atoms with Gasteiger partial charge in [-0.1, -0.05) is 0 Å². The standard InChI is InChI=1S/C18H33N7O4/c1-10(19)17(29)25-9-5-7-14(25)16(28)23-11(2)15(27)24-13(12(3)26)6-4-8-22-18(20)21/h10-11,13-14H,4-9,19H2,1-3H3,(H,23,28)(H,24,27)(H4,20,21,22)/t10-,11-,13-,14-/m0/s1. The Bertz CT molecular complexity index is 646. The van der Waals surface area contributed by atoms with Crippen LogP contribution in [0.3, 0.4) is 0 Å². The Balaban J connectivity index is 2.60. The second kappa shape index (κ2) is 11.3. The van der Waals surface area contributed by atoms with Crippen LogP contribution in [-0.4, -0.2) is 71.6 Å². The molecule has 1 heterocycles. The fourth-order valence-electron chi connectivity index (χ4n) is 3.12. The van der Waals surface area contributed by atoms with Crippen molar-refractivity contribution in [3.05, 3.63) is 0 Å². The average molecular weight is 412 g/mol. The van der Waals surface area contributed by atoms with Gasteiger partial charge in [-0.15, -0.1) is 0 Å². The highest BCUT2D eigenvalue weighted by molar-refractivity contribution is 5.94. The Kier molecular flexibility index (Phi) is 9.53. The summed E-state index contributed by atoms with van der Waals surface area (Å²) in [6.45, 7) is 5.28. The van der Waals surface area contributed by atoms with Crippen LogP contribution in [0.1, 0.15) is 46.5 Å². The number of nitrogens with two attached hydrogens (primary N) is 3. The summed E-state index contributed by atoms with van der Waals surface area (Å²) in [7, 11) is 0. The number of aliphatic imine (C=N–C) groups is 1. The van der Waals surface area contributed by atoms with Gasteiger partial charge in [0.1, 0.15) is 12.1 Å². The van der Waals surface area contributed by atoms with Gasteiger partial charge in [0.25, 0.3) is 0 Å². The number of Topliss-reactive ketones (excluding diaryl/α,β-unsaturated/α-hetero) is 1. The molecule has 8 N–H and O–H groups in total. The molecule has 1 aliphatic rings. The van der Waals surface area contributed by atoms with Gasteiger partial charge in [0.05, 0.1) is 12.1 Å². The van der Waals surface area contributed by atoms with Crippen molar-refractivity contribution in [1.82, 2.24) is 15.5 Å². The number of likely N-dealkylation sites (tertiary alicyclic amines) is 1. The molecule has 11 heteroatoms. The summed E-state index contributed by atoms with van der Waals surface area (Å²) >= 11 is 0. The number of nitrogens with one attached hydrogen (secondary N) is 2. The molecule has 0 radical (unpaired) electrons. The van der Waals surface area contributed by atoms with Gasteiger partial charge in [-0.2, -0.15) is 0 Å². The van der Waals surface area contributed by atoms with Crippen LogP contribution in [0.2, 0.25) is 0 Å². The van der Waals surface area contributed by atoms with E-state index in [1.165, 1.54) is 18.7 Å². The van der Waals surface area contributed by atoms with Crippen molar-refractivity contribution in [2.24, 2.45) is 22.2 Å². The first kappa shape index (κ1) is 24.3. The topological polar surface area (TPSA) is 186 Å². The van der Waals surface area contributed by atoms with Gasteiger partial charge in [-0.25, -0.2) is 0 Å². The summed E-state index contributed by atoms with van der Waals surface area (Å²) in [5.41, 5.74) is 16.1. The second-order valence-electron chi connectivity index (χ2n) is 7.33. The maximum absolute atomic E-state index is 12.6. The van der Waals surface area contributed by atoms with Crippen LogP contribution in [0.4, 0.5) is 0 Å². The average Bonchev–Trinajstić information content (AvgIpc) is 3.12. The molecule has 0 bridgehead atoms. The minimum absolute atomic E-state index is 0.0341. The number of hydrogen-bond acceptors (Lipinski definition) is 6. The summed E-state index contributed by atoms with van der Waals surface area (Å²) in [5, 5.41) is 5.26. The highest BCUT2D eigenvalue weighted by atomic mass is 16.2. The molecule has 1 fully saturated rings. The quantitative estimate of drug-likeness (QED) is 0.155. The van der Waals surface area contributed by atoms with E-state index in [0.717, 1.165) is 0 Å². The molecule has 0 aliphatic carbocycles. The van der Waals surface area contributed by atoms with Crippen LogP contribution in [0.5, 0.6) is 0 Å². The van der Waals surface area contributed by atoms with Crippen molar-refractivity contribution in [3.8, 4) is 0 Å². The van der Waals surface area contributed by atoms with E-state index in [1.807, 2.05) is 0 Å². The molecule has 4 atom stereocenters. The molecule has 1 saturated heterocycles. The molecule has 0 aromatic carbocycles. The van der Waals surface area contributed by atoms with E-state index >= 15 is 0 Å². The number of guanidine groups is 1. The third kappa shape index (κ3) is 7.68. The molecule has 3 amide bonds. The Morgan fingerprint density at radius 1 is 1.17 bits per heavy atom. The van der Waals surface area contributed by atoms with E-state index in [2.05, 4.69) is 15.6 Å². The molecule has 0 unspecified atom stereocenters. The maximum Gasteiger partial charge on any atom is 0.243 e. The van der Waals surface area contributed by atoms with E-state index in [-0.39, 0.29) is 17.6 Å². The fraction of sp³-hybridized carbons (Fsp3) is 0.722. The lowest BCUT2D eigenvalue weighted by molar-refractivity contribution is -0.140. The number of nitrogens with zero attached hydrogens (tertiary/aromatic N) is 2. The highest BCUT2D eigenvalue weighted by Gasteiger charge is 2.36. The van der Waals surface area contributed by atoms with Crippen molar-refractivity contribution >= 4 is 29.5 Å². The number of ketones is 1. The normalized spacial score (nSPS) is 19.0. The predicted octanol–water partition coefficient (Wildman–Crippen LogP) is -2.04. The predicted molar refractivity (Wildman–Crippen MR) is 109 cm³/mol. The van der Waals surface area contributed by atoms with Gasteiger partial charge < -0.3 is 32.7 Å². The van der Waals surface area contributed by atoms with Gasteiger partial charge in [0.2, 0.25) is 17.7 Å². The minimum Gasteiger partial charge on any atom is -0.370 e. The lowest BCUT2D eigenvalue weighted by Crippen LogP contribution is -2.55. The Morgan fingerprint density at radius 2 is 1.83 bits per heavy atom. The van der Waals surface area contributed by atoms with Gasteiger partial charge in [0.15, 0.2) is 11.7 Å². The third-order valence-electron chi connectivity index (χ3n) is 4.73.